The first-order chi connectivity index (χ1) is 12.0. The molecule has 2 N–H and O–H groups in total. The second-order valence-corrected chi connectivity index (χ2v) is 9.04. The lowest BCUT2D eigenvalue weighted by Gasteiger charge is -2.59. The molecule has 0 aromatic heterocycles. The zero-order valence-electron chi connectivity index (χ0n) is 14.9. The fraction of sp³-hybridized carbons (Fsp3) is 0.667. The number of hydrogen-bond donors (Lipinski definition) is 2. The van der Waals surface area contributed by atoms with Gasteiger partial charge in [-0.05, 0) is 61.8 Å². The molecular weight excluding hydrogens is 312 g/mol. The molecule has 0 spiro atoms. The molecule has 0 radical (unpaired) electrons. The third kappa shape index (κ3) is 2.26. The molecule has 134 valence electrons. The highest BCUT2D eigenvalue weighted by Crippen LogP contribution is 2.57. The Bertz CT molecular complexity index is 674. The molecular formula is C21H28N2O2. The Balaban J connectivity index is 1.45. The topological polar surface area (TPSA) is 52.6 Å². The van der Waals surface area contributed by atoms with E-state index in [0.29, 0.717) is 23.8 Å². The van der Waals surface area contributed by atoms with Crippen LogP contribution >= 0.6 is 0 Å². The molecule has 1 saturated heterocycles. The van der Waals surface area contributed by atoms with Gasteiger partial charge in [0, 0.05) is 6.04 Å². The summed E-state index contributed by atoms with van der Waals surface area (Å²) in [4.78, 5) is 15.1. The molecule has 3 unspecified atom stereocenters. The summed E-state index contributed by atoms with van der Waals surface area (Å²) < 4.78 is 0. The quantitative estimate of drug-likeness (QED) is 0.887. The SMILES string of the molecule is CCC1(c2ccccc2)CN(C2C3CC4CC2CC(O)(C4)C3)C(=O)N1. The van der Waals surface area contributed by atoms with Gasteiger partial charge in [0.25, 0.3) is 0 Å². The molecule has 25 heavy (non-hydrogen) atoms. The van der Waals surface area contributed by atoms with Crippen molar-refractivity contribution >= 4 is 6.03 Å². The Morgan fingerprint density at radius 1 is 1.16 bits per heavy atom. The van der Waals surface area contributed by atoms with Gasteiger partial charge in [-0.15, -0.1) is 0 Å². The van der Waals surface area contributed by atoms with Crippen molar-refractivity contribution in [2.45, 2.75) is 62.6 Å². The predicted molar refractivity (Wildman–Crippen MR) is 95.9 cm³/mol. The number of amides is 2. The number of carbonyl (C=O) groups excluding carboxylic acids is 1. The van der Waals surface area contributed by atoms with E-state index in [2.05, 4.69) is 41.4 Å². The lowest BCUT2D eigenvalue weighted by atomic mass is 9.52. The maximum Gasteiger partial charge on any atom is 0.318 e. The van der Waals surface area contributed by atoms with Crippen LogP contribution in [-0.2, 0) is 5.54 Å². The number of benzene rings is 1. The number of aliphatic hydroxyl groups is 1. The van der Waals surface area contributed by atoms with Gasteiger partial charge in [0.05, 0.1) is 17.7 Å². The standard InChI is InChI=1S/C21H28N2O2/c1-2-21(17-6-4-3-5-7-17)13-23(19(24)22-21)18-15-8-14-9-16(18)12-20(25,10-14)11-15/h3-7,14-16,18,25H,2,8-13H2,1H3,(H,22,24). The molecule has 1 heterocycles. The van der Waals surface area contributed by atoms with Crippen LogP contribution in [0.15, 0.2) is 30.3 Å². The minimum Gasteiger partial charge on any atom is -0.390 e. The van der Waals surface area contributed by atoms with E-state index in [1.54, 1.807) is 0 Å². The molecule has 3 atom stereocenters. The lowest BCUT2D eigenvalue weighted by Crippen LogP contribution is -2.62. The maximum absolute atomic E-state index is 13.0. The van der Waals surface area contributed by atoms with Crippen LogP contribution in [-0.4, -0.2) is 34.2 Å². The zero-order valence-corrected chi connectivity index (χ0v) is 14.9. The summed E-state index contributed by atoms with van der Waals surface area (Å²) in [7, 11) is 0. The first-order valence-electron chi connectivity index (χ1n) is 9.89. The van der Waals surface area contributed by atoms with E-state index in [1.807, 2.05) is 6.07 Å². The fourth-order valence-electron chi connectivity index (χ4n) is 6.71. The molecule has 4 saturated carbocycles. The van der Waals surface area contributed by atoms with Crippen LogP contribution in [0.1, 0.15) is 51.0 Å². The number of nitrogens with one attached hydrogen (secondary N) is 1. The molecule has 1 aromatic carbocycles. The summed E-state index contributed by atoms with van der Waals surface area (Å²) in [6, 6.07) is 10.8. The second kappa shape index (κ2) is 5.23. The zero-order chi connectivity index (χ0) is 17.2. The number of nitrogens with zero attached hydrogens (tertiary/aromatic N) is 1. The van der Waals surface area contributed by atoms with Gasteiger partial charge in [0.1, 0.15) is 0 Å². The molecule has 4 bridgehead atoms. The largest absolute Gasteiger partial charge is 0.390 e. The monoisotopic (exact) mass is 340 g/mol. The first kappa shape index (κ1) is 15.7. The number of rotatable bonds is 3. The Kier molecular flexibility index (Phi) is 3.28. The Morgan fingerprint density at radius 2 is 1.84 bits per heavy atom. The second-order valence-electron chi connectivity index (χ2n) is 9.04. The molecule has 6 rings (SSSR count). The van der Waals surface area contributed by atoms with Crippen LogP contribution in [0.3, 0.4) is 0 Å². The molecule has 2 amide bonds. The van der Waals surface area contributed by atoms with E-state index in [1.165, 1.54) is 18.4 Å². The molecule has 4 nitrogen and oxygen atoms in total. The minimum absolute atomic E-state index is 0.0927. The van der Waals surface area contributed by atoms with Crippen LogP contribution in [0.25, 0.3) is 0 Å². The lowest BCUT2D eigenvalue weighted by molar-refractivity contribution is -0.152. The van der Waals surface area contributed by atoms with Crippen molar-refractivity contribution in [2.75, 3.05) is 6.54 Å². The van der Waals surface area contributed by atoms with Crippen molar-refractivity contribution in [3.63, 3.8) is 0 Å². The van der Waals surface area contributed by atoms with E-state index in [9.17, 15) is 9.90 Å². The highest BCUT2D eigenvalue weighted by atomic mass is 16.3. The van der Waals surface area contributed by atoms with Gasteiger partial charge in [0.2, 0.25) is 0 Å². The third-order valence-electron chi connectivity index (χ3n) is 7.53. The van der Waals surface area contributed by atoms with E-state index >= 15 is 0 Å². The third-order valence-corrected chi connectivity index (χ3v) is 7.53. The van der Waals surface area contributed by atoms with Gasteiger partial charge in [0.15, 0.2) is 0 Å². The maximum atomic E-state index is 13.0. The van der Waals surface area contributed by atoms with Crippen LogP contribution in [0.5, 0.6) is 0 Å². The van der Waals surface area contributed by atoms with Crippen molar-refractivity contribution in [1.29, 1.82) is 0 Å². The molecule has 4 heteroatoms. The minimum atomic E-state index is -0.440. The summed E-state index contributed by atoms with van der Waals surface area (Å²) in [6.45, 7) is 2.92. The van der Waals surface area contributed by atoms with Crippen LogP contribution in [0.4, 0.5) is 4.79 Å². The van der Waals surface area contributed by atoms with E-state index in [4.69, 9.17) is 0 Å². The summed E-state index contributed by atoms with van der Waals surface area (Å²) in [5.41, 5.74) is 0.491. The number of carbonyl (C=O) groups is 1. The van der Waals surface area contributed by atoms with E-state index in [0.717, 1.165) is 32.2 Å². The van der Waals surface area contributed by atoms with E-state index < -0.39 is 5.60 Å². The normalized spacial score (nSPS) is 45.0. The highest BCUT2D eigenvalue weighted by molar-refractivity contribution is 5.79. The Morgan fingerprint density at radius 3 is 2.44 bits per heavy atom. The average molecular weight is 340 g/mol. The van der Waals surface area contributed by atoms with Crippen molar-refractivity contribution in [1.82, 2.24) is 10.2 Å². The predicted octanol–water partition coefficient (Wildman–Crippen LogP) is 3.26. The molecule has 1 aliphatic heterocycles. The van der Waals surface area contributed by atoms with Crippen molar-refractivity contribution in [3.8, 4) is 0 Å². The molecule has 4 aliphatic carbocycles. The van der Waals surface area contributed by atoms with Gasteiger partial charge in [-0.2, -0.15) is 0 Å². The van der Waals surface area contributed by atoms with E-state index in [-0.39, 0.29) is 11.6 Å². The van der Waals surface area contributed by atoms with Crippen molar-refractivity contribution < 1.29 is 9.90 Å². The summed E-state index contributed by atoms with van der Waals surface area (Å²) in [5.74, 6) is 1.63. The smallest absolute Gasteiger partial charge is 0.318 e. The van der Waals surface area contributed by atoms with Crippen LogP contribution in [0.2, 0.25) is 0 Å². The number of hydrogen-bond acceptors (Lipinski definition) is 2. The summed E-state index contributed by atoms with van der Waals surface area (Å²) in [5, 5.41) is 14.2. The molecule has 1 aromatic rings. The first-order valence-corrected chi connectivity index (χ1v) is 9.89. The Labute approximate surface area is 149 Å². The van der Waals surface area contributed by atoms with Gasteiger partial charge in [-0.1, -0.05) is 37.3 Å². The fourth-order valence-corrected chi connectivity index (χ4v) is 6.71. The molecule has 5 fully saturated rings. The summed E-state index contributed by atoms with van der Waals surface area (Å²) >= 11 is 0. The van der Waals surface area contributed by atoms with Gasteiger partial charge in [-0.25, -0.2) is 4.79 Å². The van der Waals surface area contributed by atoms with Gasteiger partial charge in [-0.3, -0.25) is 0 Å². The highest BCUT2D eigenvalue weighted by Gasteiger charge is 2.58. The van der Waals surface area contributed by atoms with Gasteiger partial charge < -0.3 is 15.3 Å². The molecule has 5 aliphatic rings. The summed E-state index contributed by atoms with van der Waals surface area (Å²) in [6.07, 6.45) is 6.04. The van der Waals surface area contributed by atoms with Gasteiger partial charge >= 0.3 is 6.03 Å². The van der Waals surface area contributed by atoms with Crippen LogP contribution < -0.4 is 5.32 Å². The average Bonchev–Trinajstić information content (AvgIpc) is 2.92. The number of urea groups is 1. The van der Waals surface area contributed by atoms with Crippen molar-refractivity contribution in [2.24, 2.45) is 17.8 Å². The Hall–Kier alpha value is -1.55. The van der Waals surface area contributed by atoms with Crippen molar-refractivity contribution in [3.05, 3.63) is 35.9 Å². The van der Waals surface area contributed by atoms with Crippen LogP contribution in [0, 0.1) is 17.8 Å².